The number of nitrogens with zero attached hydrogens (tertiary/aromatic N) is 2. The van der Waals surface area contributed by atoms with Crippen LogP contribution in [-0.2, 0) is 0 Å². The number of aromatic carboxylic acids is 1. The van der Waals surface area contributed by atoms with Crippen LogP contribution in [0.1, 0.15) is 62.7 Å². The number of benzene rings is 2. The zero-order chi connectivity index (χ0) is 29.4. The van der Waals surface area contributed by atoms with Gasteiger partial charge in [-0.15, -0.1) is 0 Å². The monoisotopic (exact) mass is 575 g/mol. The minimum atomic E-state index is -1.23. The molecule has 1 aliphatic heterocycles. The van der Waals surface area contributed by atoms with Crippen molar-refractivity contribution in [1.29, 1.82) is 0 Å². The van der Waals surface area contributed by atoms with Crippen LogP contribution in [0.4, 0.5) is 10.1 Å². The average Bonchev–Trinajstić information content (AvgIpc) is 2.95. The summed E-state index contributed by atoms with van der Waals surface area (Å²) in [5, 5.41) is 13.3. The molecule has 0 bridgehead atoms. The third-order valence-electron chi connectivity index (χ3n) is 7.17. The topological polar surface area (TPSA) is 113 Å². The van der Waals surface area contributed by atoms with Crippen molar-refractivity contribution in [2.24, 2.45) is 0 Å². The Labute approximate surface area is 240 Å². The zero-order valence-corrected chi connectivity index (χ0v) is 23.4. The number of carboxylic acid groups (broad SMARTS) is 1. The highest BCUT2D eigenvalue weighted by Crippen LogP contribution is 2.33. The minimum Gasteiger partial charge on any atom is -0.476 e. The van der Waals surface area contributed by atoms with Crippen LogP contribution >= 0.6 is 11.6 Å². The number of carbonyl (C=O) groups excluding carboxylic acids is 1. The molecule has 2 N–H and O–H groups in total. The summed E-state index contributed by atoms with van der Waals surface area (Å²) in [5.74, 6) is -1.38. The van der Waals surface area contributed by atoms with Crippen molar-refractivity contribution < 1.29 is 23.5 Å². The number of hydrogen-bond donors (Lipinski definition) is 2. The van der Waals surface area contributed by atoms with E-state index in [1.807, 2.05) is 26.0 Å². The Hall–Kier alpha value is -4.50. The molecule has 1 atom stereocenters. The largest absolute Gasteiger partial charge is 0.476 e. The highest BCUT2D eigenvalue weighted by atomic mass is 35.5. The fraction of sp³-hybridized carbons (Fsp3) is 0.226. The van der Waals surface area contributed by atoms with Gasteiger partial charge in [-0.1, -0.05) is 23.7 Å². The number of pyridine rings is 1. The molecule has 2 aromatic carbocycles. The SMILES string of the molecule is Cc1cc([C@@H](C)Nc2ccc(Cl)nc2C(=O)O)c2oc(C3=CCN(C(=O)c4ccc(F)cc4)CC3)c(C)c(=O)c2c1. The maximum atomic E-state index is 13.5. The maximum Gasteiger partial charge on any atom is 0.356 e. The Morgan fingerprint density at radius 1 is 1.15 bits per heavy atom. The smallest absolute Gasteiger partial charge is 0.356 e. The molecule has 41 heavy (non-hydrogen) atoms. The Morgan fingerprint density at radius 2 is 1.88 bits per heavy atom. The molecular formula is C31H27ClFN3O5. The first-order chi connectivity index (χ1) is 19.5. The molecule has 0 aliphatic carbocycles. The normalized spacial score (nSPS) is 14.1. The second-order valence-electron chi connectivity index (χ2n) is 10.1. The fourth-order valence-electron chi connectivity index (χ4n) is 5.06. The molecule has 0 fully saturated rings. The van der Waals surface area contributed by atoms with Gasteiger partial charge in [-0.2, -0.15) is 0 Å². The molecule has 10 heteroatoms. The van der Waals surface area contributed by atoms with Crippen molar-refractivity contribution in [1.82, 2.24) is 9.88 Å². The number of nitrogens with one attached hydrogen (secondary N) is 1. The van der Waals surface area contributed by atoms with Crippen LogP contribution in [0.2, 0.25) is 5.15 Å². The summed E-state index contributed by atoms with van der Waals surface area (Å²) in [7, 11) is 0. The van der Waals surface area contributed by atoms with Crippen LogP contribution in [0.15, 0.2) is 63.8 Å². The van der Waals surface area contributed by atoms with E-state index in [0.717, 1.165) is 11.1 Å². The van der Waals surface area contributed by atoms with Gasteiger partial charge in [0.1, 0.15) is 22.3 Å². The van der Waals surface area contributed by atoms with Gasteiger partial charge < -0.3 is 19.7 Å². The number of aromatic nitrogens is 1. The Morgan fingerprint density at radius 3 is 2.54 bits per heavy atom. The summed E-state index contributed by atoms with van der Waals surface area (Å²) in [6.45, 7) is 6.16. The first-order valence-electron chi connectivity index (χ1n) is 13.0. The van der Waals surface area contributed by atoms with Crippen LogP contribution in [0, 0.1) is 19.7 Å². The van der Waals surface area contributed by atoms with E-state index in [1.165, 1.54) is 30.3 Å². The molecule has 0 spiro atoms. The molecule has 210 valence electrons. The molecule has 1 aliphatic rings. The summed E-state index contributed by atoms with van der Waals surface area (Å²) in [6.07, 6.45) is 2.34. The van der Waals surface area contributed by atoms with Crippen molar-refractivity contribution in [3.63, 3.8) is 0 Å². The number of rotatable bonds is 6. The minimum absolute atomic E-state index is 0.0615. The molecule has 0 unspecified atom stereocenters. The quantitative estimate of drug-likeness (QED) is 0.256. The van der Waals surface area contributed by atoms with Gasteiger partial charge in [0, 0.05) is 29.8 Å². The van der Waals surface area contributed by atoms with Gasteiger partial charge in [-0.25, -0.2) is 14.2 Å². The zero-order valence-electron chi connectivity index (χ0n) is 22.6. The summed E-state index contributed by atoms with van der Waals surface area (Å²) in [5.41, 5.74) is 3.50. The lowest BCUT2D eigenvalue weighted by Gasteiger charge is -2.27. The first-order valence-corrected chi connectivity index (χ1v) is 13.4. The van der Waals surface area contributed by atoms with Crippen LogP contribution in [0.3, 0.4) is 0 Å². The van der Waals surface area contributed by atoms with Crippen molar-refractivity contribution in [3.8, 4) is 0 Å². The predicted molar refractivity (Wildman–Crippen MR) is 155 cm³/mol. The number of aryl methyl sites for hydroxylation is 1. The molecule has 3 heterocycles. The molecule has 4 aromatic rings. The van der Waals surface area contributed by atoms with Crippen LogP contribution in [0.25, 0.3) is 16.5 Å². The van der Waals surface area contributed by atoms with Crippen molar-refractivity contribution in [2.45, 2.75) is 33.2 Å². The van der Waals surface area contributed by atoms with Gasteiger partial charge in [-0.3, -0.25) is 9.59 Å². The second kappa shape index (κ2) is 11.2. The molecule has 2 aromatic heterocycles. The van der Waals surface area contributed by atoms with E-state index >= 15 is 0 Å². The molecule has 0 saturated heterocycles. The van der Waals surface area contributed by atoms with E-state index in [4.69, 9.17) is 16.0 Å². The molecule has 1 amide bonds. The van der Waals surface area contributed by atoms with E-state index in [-0.39, 0.29) is 27.9 Å². The van der Waals surface area contributed by atoms with E-state index < -0.39 is 17.8 Å². The second-order valence-corrected chi connectivity index (χ2v) is 10.4. The third-order valence-corrected chi connectivity index (χ3v) is 7.38. The van der Waals surface area contributed by atoms with Gasteiger partial charge in [0.15, 0.2) is 11.1 Å². The summed E-state index contributed by atoms with van der Waals surface area (Å²) in [6, 6.07) is 11.7. The van der Waals surface area contributed by atoms with Gasteiger partial charge in [0.2, 0.25) is 0 Å². The van der Waals surface area contributed by atoms with E-state index in [0.29, 0.717) is 52.9 Å². The van der Waals surface area contributed by atoms with E-state index in [2.05, 4.69) is 10.3 Å². The fourth-order valence-corrected chi connectivity index (χ4v) is 5.20. The van der Waals surface area contributed by atoms with E-state index in [1.54, 1.807) is 24.0 Å². The van der Waals surface area contributed by atoms with Gasteiger partial charge >= 0.3 is 5.97 Å². The number of fused-ring (bicyclic) bond motifs is 1. The van der Waals surface area contributed by atoms with Crippen molar-refractivity contribution >= 4 is 45.7 Å². The Balaban J connectivity index is 1.50. The van der Waals surface area contributed by atoms with Crippen LogP contribution in [-0.4, -0.2) is 40.0 Å². The third kappa shape index (κ3) is 5.58. The van der Waals surface area contributed by atoms with Crippen LogP contribution in [0.5, 0.6) is 0 Å². The van der Waals surface area contributed by atoms with Gasteiger partial charge in [0.25, 0.3) is 5.91 Å². The number of amides is 1. The standard InChI is InChI=1S/C31H27ClFN3O5/c1-16-14-22(18(3)34-24-8-9-25(32)35-26(24)31(39)40)29-23(15-16)27(37)17(2)28(41-29)19-10-12-36(13-11-19)30(38)20-4-6-21(33)7-5-20/h4-10,14-15,18,34H,11-13H2,1-3H3,(H,39,40)/t18-/m1/s1. The number of carboxylic acids is 1. The molecule has 0 saturated carbocycles. The average molecular weight is 576 g/mol. The summed E-state index contributed by atoms with van der Waals surface area (Å²) in [4.78, 5) is 43.8. The predicted octanol–water partition coefficient (Wildman–Crippen LogP) is 6.40. The summed E-state index contributed by atoms with van der Waals surface area (Å²) < 4.78 is 19.7. The van der Waals surface area contributed by atoms with Gasteiger partial charge in [0.05, 0.1) is 17.1 Å². The number of carbonyl (C=O) groups is 2. The number of hydrogen-bond acceptors (Lipinski definition) is 6. The molecular weight excluding hydrogens is 549 g/mol. The van der Waals surface area contributed by atoms with Gasteiger partial charge in [-0.05, 0) is 80.8 Å². The number of halogens is 2. The lowest BCUT2D eigenvalue weighted by molar-refractivity contribution is 0.0690. The number of anilines is 1. The molecule has 8 nitrogen and oxygen atoms in total. The Bertz CT molecular complexity index is 1780. The van der Waals surface area contributed by atoms with Crippen LogP contribution < -0.4 is 10.7 Å². The maximum absolute atomic E-state index is 13.5. The lowest BCUT2D eigenvalue weighted by Crippen LogP contribution is -2.34. The van der Waals surface area contributed by atoms with Crippen molar-refractivity contribution in [3.05, 3.63) is 110 Å². The molecule has 0 radical (unpaired) electrons. The summed E-state index contributed by atoms with van der Waals surface area (Å²) >= 11 is 5.91. The highest BCUT2D eigenvalue weighted by molar-refractivity contribution is 6.29. The van der Waals surface area contributed by atoms with Crippen molar-refractivity contribution in [2.75, 3.05) is 18.4 Å². The molecule has 5 rings (SSSR count). The highest BCUT2D eigenvalue weighted by Gasteiger charge is 2.25. The Kier molecular flexibility index (Phi) is 7.64. The first kappa shape index (κ1) is 28.0. The lowest BCUT2D eigenvalue weighted by atomic mass is 9.97. The van der Waals surface area contributed by atoms with E-state index in [9.17, 15) is 23.9 Å².